The van der Waals surface area contributed by atoms with Crippen LogP contribution in [0, 0.1) is 6.92 Å². The number of benzene rings is 1. The molecule has 1 amide bonds. The summed E-state index contributed by atoms with van der Waals surface area (Å²) in [7, 11) is 0. The number of piperidine rings is 1. The minimum atomic E-state index is 0.147. The number of carbonyl (C=O) groups excluding carboxylic acids is 1. The molecule has 0 saturated carbocycles. The van der Waals surface area contributed by atoms with Gasteiger partial charge < -0.3 is 14.4 Å². The quantitative estimate of drug-likeness (QED) is 0.798. The summed E-state index contributed by atoms with van der Waals surface area (Å²) in [6.07, 6.45) is 4.04. The third-order valence-electron chi connectivity index (χ3n) is 4.57. The van der Waals surface area contributed by atoms with Gasteiger partial charge in [0.15, 0.2) is 0 Å². The first-order chi connectivity index (χ1) is 12.6. The number of aryl methyl sites for hydroxylation is 1. The molecule has 1 aliphatic heterocycles. The molecule has 0 atom stereocenters. The van der Waals surface area contributed by atoms with E-state index >= 15 is 0 Å². The minimum absolute atomic E-state index is 0.147. The van der Waals surface area contributed by atoms with Crippen LogP contribution in [0.5, 0.6) is 11.5 Å². The average molecular weight is 354 g/mol. The highest BCUT2D eigenvalue weighted by Gasteiger charge is 2.24. The molecule has 138 valence electrons. The van der Waals surface area contributed by atoms with Crippen molar-refractivity contribution in [3.63, 3.8) is 0 Å². The van der Waals surface area contributed by atoms with Crippen molar-refractivity contribution in [2.45, 2.75) is 39.2 Å². The summed E-state index contributed by atoms with van der Waals surface area (Å²) >= 11 is 0. The van der Waals surface area contributed by atoms with Crippen LogP contribution in [-0.4, -0.2) is 41.6 Å². The monoisotopic (exact) mass is 354 g/mol. The van der Waals surface area contributed by atoms with Gasteiger partial charge in [0, 0.05) is 31.6 Å². The lowest BCUT2D eigenvalue weighted by Gasteiger charge is -2.32. The number of carbonyl (C=O) groups is 1. The van der Waals surface area contributed by atoms with Gasteiger partial charge in [0.05, 0.1) is 19.2 Å². The van der Waals surface area contributed by atoms with Crippen molar-refractivity contribution >= 4 is 5.91 Å². The van der Waals surface area contributed by atoms with Gasteiger partial charge in [0.2, 0.25) is 5.91 Å². The van der Waals surface area contributed by atoms with Gasteiger partial charge in [0.1, 0.15) is 17.6 Å². The summed E-state index contributed by atoms with van der Waals surface area (Å²) < 4.78 is 11.4. The molecule has 2 aromatic rings. The van der Waals surface area contributed by atoms with Crippen LogP contribution in [0.3, 0.4) is 0 Å². The lowest BCUT2D eigenvalue weighted by molar-refractivity contribution is -0.132. The maximum absolute atomic E-state index is 12.5. The third-order valence-corrected chi connectivity index (χ3v) is 4.57. The number of hydrogen-bond donors (Lipinski definition) is 0. The molecule has 0 bridgehead atoms. The molecule has 1 aromatic heterocycles. The van der Waals surface area contributed by atoms with Crippen LogP contribution in [0.25, 0.3) is 0 Å². The van der Waals surface area contributed by atoms with Crippen LogP contribution < -0.4 is 9.47 Å². The van der Waals surface area contributed by atoms with Crippen LogP contribution in [0.1, 0.15) is 31.0 Å². The Hall–Kier alpha value is -2.56. The molecule has 1 saturated heterocycles. The largest absolute Gasteiger partial charge is 0.494 e. The van der Waals surface area contributed by atoms with Gasteiger partial charge in [0.25, 0.3) is 0 Å². The Bertz CT molecular complexity index is 705. The predicted octanol–water partition coefficient (Wildman–Crippen LogP) is 3.40. The molecule has 0 aliphatic carbocycles. The molecule has 2 heterocycles. The molecule has 0 spiro atoms. The number of amides is 1. The molecule has 0 N–H and O–H groups in total. The number of aromatic nitrogens is 1. The number of ether oxygens (including phenoxy) is 2. The van der Waals surface area contributed by atoms with E-state index in [9.17, 15) is 4.79 Å². The Morgan fingerprint density at radius 2 is 1.81 bits per heavy atom. The van der Waals surface area contributed by atoms with Gasteiger partial charge in [-0.05, 0) is 43.7 Å². The standard InChI is InChI=1S/C21H26N2O3/c1-3-25-18-8-5-17(6-9-18)14-21(24)23-12-10-19(11-13-23)26-20-7-4-16(2)22-15-20/h4-9,15,19H,3,10-14H2,1-2H3. The first-order valence-electron chi connectivity index (χ1n) is 9.23. The van der Waals surface area contributed by atoms with Crippen molar-refractivity contribution in [1.82, 2.24) is 9.88 Å². The zero-order valence-electron chi connectivity index (χ0n) is 15.5. The number of hydrogen-bond acceptors (Lipinski definition) is 4. The molecule has 0 unspecified atom stereocenters. The first-order valence-corrected chi connectivity index (χ1v) is 9.23. The normalized spacial score (nSPS) is 14.9. The Labute approximate surface area is 155 Å². The van der Waals surface area contributed by atoms with E-state index in [1.54, 1.807) is 6.20 Å². The van der Waals surface area contributed by atoms with Crippen molar-refractivity contribution in [3.05, 3.63) is 53.9 Å². The van der Waals surface area contributed by atoms with Gasteiger partial charge in [-0.3, -0.25) is 9.78 Å². The summed E-state index contributed by atoms with van der Waals surface area (Å²) in [5.74, 6) is 1.81. The minimum Gasteiger partial charge on any atom is -0.494 e. The van der Waals surface area contributed by atoms with Crippen molar-refractivity contribution < 1.29 is 14.3 Å². The second-order valence-electron chi connectivity index (χ2n) is 6.59. The zero-order chi connectivity index (χ0) is 18.4. The fourth-order valence-corrected chi connectivity index (χ4v) is 3.10. The second-order valence-corrected chi connectivity index (χ2v) is 6.59. The van der Waals surface area contributed by atoms with E-state index in [0.717, 1.165) is 48.7 Å². The Kier molecular flexibility index (Phi) is 6.10. The number of pyridine rings is 1. The molecular formula is C21H26N2O3. The summed E-state index contributed by atoms with van der Waals surface area (Å²) in [6, 6.07) is 11.7. The van der Waals surface area contributed by atoms with Gasteiger partial charge in [-0.25, -0.2) is 0 Å². The number of rotatable bonds is 6. The molecule has 5 heteroatoms. The lowest BCUT2D eigenvalue weighted by Crippen LogP contribution is -2.42. The molecule has 26 heavy (non-hydrogen) atoms. The SMILES string of the molecule is CCOc1ccc(CC(=O)N2CCC(Oc3ccc(C)nc3)CC2)cc1. The number of likely N-dealkylation sites (tertiary alicyclic amines) is 1. The van der Waals surface area contributed by atoms with Gasteiger partial charge in [-0.2, -0.15) is 0 Å². The predicted molar refractivity (Wildman–Crippen MR) is 101 cm³/mol. The molecule has 3 rings (SSSR count). The molecule has 1 fully saturated rings. The van der Waals surface area contributed by atoms with Crippen molar-refractivity contribution in [1.29, 1.82) is 0 Å². The molecule has 5 nitrogen and oxygen atoms in total. The summed E-state index contributed by atoms with van der Waals surface area (Å²) in [5.41, 5.74) is 2.00. The Morgan fingerprint density at radius 3 is 2.42 bits per heavy atom. The number of nitrogens with zero attached hydrogens (tertiary/aromatic N) is 2. The smallest absolute Gasteiger partial charge is 0.226 e. The highest BCUT2D eigenvalue weighted by atomic mass is 16.5. The lowest BCUT2D eigenvalue weighted by atomic mass is 10.1. The molecule has 1 aromatic carbocycles. The highest BCUT2D eigenvalue weighted by molar-refractivity contribution is 5.78. The van der Waals surface area contributed by atoms with Crippen LogP contribution in [-0.2, 0) is 11.2 Å². The van der Waals surface area contributed by atoms with Crippen LogP contribution >= 0.6 is 0 Å². The van der Waals surface area contributed by atoms with Crippen LogP contribution in [0.4, 0.5) is 0 Å². The van der Waals surface area contributed by atoms with Gasteiger partial charge in [-0.1, -0.05) is 12.1 Å². The molecular weight excluding hydrogens is 328 g/mol. The van der Waals surface area contributed by atoms with E-state index in [0.29, 0.717) is 13.0 Å². The van der Waals surface area contributed by atoms with E-state index in [1.165, 1.54) is 0 Å². The van der Waals surface area contributed by atoms with E-state index in [4.69, 9.17) is 9.47 Å². The van der Waals surface area contributed by atoms with E-state index in [-0.39, 0.29) is 12.0 Å². The van der Waals surface area contributed by atoms with Crippen LogP contribution in [0.15, 0.2) is 42.6 Å². The summed E-state index contributed by atoms with van der Waals surface area (Å²) in [5, 5.41) is 0. The van der Waals surface area contributed by atoms with E-state index in [2.05, 4.69) is 4.98 Å². The second kappa shape index (κ2) is 8.70. The maximum Gasteiger partial charge on any atom is 0.226 e. The highest BCUT2D eigenvalue weighted by Crippen LogP contribution is 2.19. The Balaban J connectivity index is 1.46. The fraction of sp³-hybridized carbons (Fsp3) is 0.429. The third kappa shape index (κ3) is 4.97. The Morgan fingerprint density at radius 1 is 1.12 bits per heavy atom. The summed E-state index contributed by atoms with van der Waals surface area (Å²) in [6.45, 7) is 6.03. The van der Waals surface area contributed by atoms with Crippen molar-refractivity contribution in [3.8, 4) is 11.5 Å². The fourth-order valence-electron chi connectivity index (χ4n) is 3.10. The average Bonchev–Trinajstić information content (AvgIpc) is 2.66. The van der Waals surface area contributed by atoms with Crippen LogP contribution in [0.2, 0.25) is 0 Å². The summed E-state index contributed by atoms with van der Waals surface area (Å²) in [4.78, 5) is 18.7. The topological polar surface area (TPSA) is 51.7 Å². The zero-order valence-corrected chi connectivity index (χ0v) is 15.5. The van der Waals surface area contributed by atoms with Crippen molar-refractivity contribution in [2.75, 3.05) is 19.7 Å². The molecule has 0 radical (unpaired) electrons. The van der Waals surface area contributed by atoms with Gasteiger partial charge in [-0.15, -0.1) is 0 Å². The van der Waals surface area contributed by atoms with E-state index in [1.807, 2.05) is 55.1 Å². The van der Waals surface area contributed by atoms with E-state index < -0.39 is 0 Å². The van der Waals surface area contributed by atoms with Gasteiger partial charge >= 0.3 is 0 Å². The molecule has 1 aliphatic rings. The first kappa shape index (κ1) is 18.2. The van der Waals surface area contributed by atoms with Crippen molar-refractivity contribution in [2.24, 2.45) is 0 Å². The maximum atomic E-state index is 12.5.